The van der Waals surface area contributed by atoms with Gasteiger partial charge in [-0.15, -0.1) is 0 Å². The Balaban J connectivity index is 1.72. The molecule has 22 heavy (non-hydrogen) atoms. The highest BCUT2D eigenvalue weighted by molar-refractivity contribution is 5.94. The van der Waals surface area contributed by atoms with Gasteiger partial charge in [0.25, 0.3) is 0 Å². The van der Waals surface area contributed by atoms with E-state index in [9.17, 15) is 9.18 Å². The van der Waals surface area contributed by atoms with Gasteiger partial charge in [0.15, 0.2) is 0 Å². The van der Waals surface area contributed by atoms with Crippen molar-refractivity contribution in [1.29, 1.82) is 0 Å². The van der Waals surface area contributed by atoms with Gasteiger partial charge in [0.05, 0.1) is 12.2 Å². The summed E-state index contributed by atoms with van der Waals surface area (Å²) in [5.74, 6) is -0.734. The highest BCUT2D eigenvalue weighted by atomic mass is 19.1. The minimum absolute atomic E-state index is 0.121. The third-order valence-corrected chi connectivity index (χ3v) is 3.81. The Kier molecular flexibility index (Phi) is 3.96. The van der Waals surface area contributed by atoms with E-state index in [4.69, 9.17) is 5.73 Å². The topological polar surface area (TPSA) is 58.4 Å². The number of nitrogens with zero attached hydrogens (tertiary/aromatic N) is 1. The van der Waals surface area contributed by atoms with Crippen LogP contribution in [0.3, 0.4) is 0 Å². The minimum atomic E-state index is -0.485. The number of rotatable bonds is 3. The first-order valence-electron chi connectivity index (χ1n) is 7.31. The summed E-state index contributed by atoms with van der Waals surface area (Å²) in [6.45, 7) is 1.02. The van der Waals surface area contributed by atoms with E-state index in [1.54, 1.807) is 0 Å². The van der Waals surface area contributed by atoms with Crippen LogP contribution >= 0.6 is 0 Å². The second-order valence-electron chi connectivity index (χ2n) is 5.44. The van der Waals surface area contributed by atoms with Gasteiger partial charge in [-0.2, -0.15) is 0 Å². The number of hydrogen-bond donors (Lipinski definition) is 2. The summed E-state index contributed by atoms with van der Waals surface area (Å²) in [4.78, 5) is 14.2. The van der Waals surface area contributed by atoms with E-state index in [1.807, 2.05) is 23.1 Å². The van der Waals surface area contributed by atoms with Gasteiger partial charge in [0, 0.05) is 17.9 Å². The predicted molar refractivity (Wildman–Crippen MR) is 86.4 cm³/mol. The Bertz CT molecular complexity index is 702. The van der Waals surface area contributed by atoms with Gasteiger partial charge in [-0.1, -0.05) is 18.2 Å². The van der Waals surface area contributed by atoms with Gasteiger partial charge >= 0.3 is 0 Å². The van der Waals surface area contributed by atoms with Crippen molar-refractivity contribution in [1.82, 2.24) is 0 Å². The number of fused-ring (bicyclic) bond motifs is 1. The fourth-order valence-corrected chi connectivity index (χ4v) is 2.78. The molecule has 3 rings (SSSR count). The van der Waals surface area contributed by atoms with Gasteiger partial charge in [0.1, 0.15) is 5.82 Å². The molecule has 4 nitrogen and oxygen atoms in total. The molecule has 0 bridgehead atoms. The Morgan fingerprint density at radius 2 is 2.09 bits per heavy atom. The smallest absolute Gasteiger partial charge is 0.243 e. The third-order valence-electron chi connectivity index (χ3n) is 3.81. The molecule has 0 unspecified atom stereocenters. The monoisotopic (exact) mass is 299 g/mol. The molecule has 0 radical (unpaired) electrons. The van der Waals surface area contributed by atoms with Gasteiger partial charge in [-0.25, -0.2) is 4.39 Å². The number of nitrogen functional groups attached to an aromatic ring is 1. The first kappa shape index (κ1) is 14.4. The van der Waals surface area contributed by atoms with Crippen LogP contribution in [-0.4, -0.2) is 19.0 Å². The molecule has 1 aliphatic rings. The summed E-state index contributed by atoms with van der Waals surface area (Å²) in [6, 6.07) is 12.2. The molecule has 2 aromatic rings. The van der Waals surface area contributed by atoms with Gasteiger partial charge < -0.3 is 16.0 Å². The number of carbonyl (C=O) groups excluding carboxylic acids is 1. The molecule has 2 aromatic carbocycles. The average Bonchev–Trinajstić information content (AvgIpc) is 2.51. The van der Waals surface area contributed by atoms with Crippen molar-refractivity contribution in [3.8, 4) is 0 Å². The van der Waals surface area contributed by atoms with E-state index in [-0.39, 0.29) is 18.1 Å². The number of nitrogens with one attached hydrogen (secondary N) is 1. The number of aryl methyl sites for hydroxylation is 1. The van der Waals surface area contributed by atoms with Crippen LogP contribution < -0.4 is 16.0 Å². The lowest BCUT2D eigenvalue weighted by atomic mass is 10.0. The second-order valence-corrected chi connectivity index (χ2v) is 5.44. The number of hydrogen-bond acceptors (Lipinski definition) is 3. The fourth-order valence-electron chi connectivity index (χ4n) is 2.78. The predicted octanol–water partition coefficient (Wildman–Crippen LogP) is 2.80. The summed E-state index contributed by atoms with van der Waals surface area (Å²) in [5, 5.41) is 2.59. The van der Waals surface area contributed by atoms with Crippen molar-refractivity contribution in [3.63, 3.8) is 0 Å². The normalized spacial score (nSPS) is 13.6. The molecule has 0 spiro atoms. The van der Waals surface area contributed by atoms with Crippen molar-refractivity contribution < 1.29 is 9.18 Å². The summed E-state index contributed by atoms with van der Waals surface area (Å²) >= 11 is 0. The zero-order valence-electron chi connectivity index (χ0n) is 12.2. The quantitative estimate of drug-likeness (QED) is 0.857. The van der Waals surface area contributed by atoms with Crippen LogP contribution in [0, 0.1) is 5.82 Å². The summed E-state index contributed by atoms with van der Waals surface area (Å²) in [7, 11) is 0. The Labute approximate surface area is 128 Å². The Hall–Kier alpha value is -2.56. The maximum atomic E-state index is 13.7. The molecule has 0 saturated heterocycles. The molecule has 5 heteroatoms. The van der Waals surface area contributed by atoms with Crippen molar-refractivity contribution in [2.45, 2.75) is 12.8 Å². The number of anilines is 3. The van der Waals surface area contributed by atoms with E-state index in [1.165, 1.54) is 23.8 Å². The van der Waals surface area contributed by atoms with Gasteiger partial charge in [-0.3, -0.25) is 4.79 Å². The second kappa shape index (κ2) is 6.05. The molecular weight excluding hydrogens is 281 g/mol. The van der Waals surface area contributed by atoms with Gasteiger partial charge in [-0.05, 0) is 42.7 Å². The van der Waals surface area contributed by atoms with Crippen LogP contribution in [0.5, 0.6) is 0 Å². The molecule has 0 fully saturated rings. The van der Waals surface area contributed by atoms with Crippen molar-refractivity contribution in [3.05, 3.63) is 53.8 Å². The number of carbonyl (C=O) groups is 1. The van der Waals surface area contributed by atoms with Crippen molar-refractivity contribution in [2.75, 3.05) is 29.0 Å². The minimum Gasteiger partial charge on any atom is -0.399 e. The van der Waals surface area contributed by atoms with Crippen LogP contribution in [0.15, 0.2) is 42.5 Å². The molecule has 1 amide bonds. The van der Waals surface area contributed by atoms with Crippen LogP contribution in [0.2, 0.25) is 0 Å². The standard InChI is InChI=1S/C17H18FN3O/c18-14-8-7-13(19)10-15(14)20-17(22)11-21-9-3-5-12-4-1-2-6-16(12)21/h1-2,4,6-8,10H,3,5,9,11,19H2,(H,20,22). The number of nitrogens with two attached hydrogens (primary N) is 1. The molecule has 114 valence electrons. The van der Waals surface area contributed by atoms with E-state index in [0.717, 1.165) is 25.1 Å². The SMILES string of the molecule is Nc1ccc(F)c(NC(=O)CN2CCCc3ccccc32)c1. The lowest BCUT2D eigenvalue weighted by molar-refractivity contribution is -0.115. The first-order valence-corrected chi connectivity index (χ1v) is 7.31. The fraction of sp³-hybridized carbons (Fsp3) is 0.235. The van der Waals surface area contributed by atoms with Crippen LogP contribution in [0.25, 0.3) is 0 Å². The lowest BCUT2D eigenvalue weighted by Gasteiger charge is -2.30. The van der Waals surface area contributed by atoms with Crippen LogP contribution in [0.4, 0.5) is 21.5 Å². The molecule has 0 aliphatic carbocycles. The first-order chi connectivity index (χ1) is 10.6. The third kappa shape index (κ3) is 3.03. The number of benzene rings is 2. The van der Waals surface area contributed by atoms with E-state index < -0.39 is 5.82 Å². The summed E-state index contributed by atoms with van der Waals surface area (Å²) in [6.07, 6.45) is 2.04. The number of amides is 1. The van der Waals surface area contributed by atoms with Crippen molar-refractivity contribution in [2.24, 2.45) is 0 Å². The zero-order valence-corrected chi connectivity index (χ0v) is 12.2. The Morgan fingerprint density at radius 3 is 2.95 bits per heavy atom. The molecule has 0 saturated carbocycles. The highest BCUT2D eigenvalue weighted by Crippen LogP contribution is 2.26. The maximum absolute atomic E-state index is 13.7. The maximum Gasteiger partial charge on any atom is 0.243 e. The summed E-state index contributed by atoms with van der Waals surface area (Å²) in [5.41, 5.74) is 8.49. The molecule has 1 heterocycles. The van der Waals surface area contributed by atoms with Crippen molar-refractivity contribution >= 4 is 23.0 Å². The molecule has 3 N–H and O–H groups in total. The number of para-hydroxylation sites is 1. The van der Waals surface area contributed by atoms with Crippen LogP contribution in [0.1, 0.15) is 12.0 Å². The highest BCUT2D eigenvalue weighted by Gasteiger charge is 2.19. The molecular formula is C17H18FN3O. The lowest BCUT2D eigenvalue weighted by Crippen LogP contribution is -2.36. The van der Waals surface area contributed by atoms with Gasteiger partial charge in [0.2, 0.25) is 5.91 Å². The zero-order chi connectivity index (χ0) is 15.5. The number of halogens is 1. The molecule has 0 atom stereocenters. The largest absolute Gasteiger partial charge is 0.399 e. The Morgan fingerprint density at radius 1 is 1.27 bits per heavy atom. The van der Waals surface area contributed by atoms with E-state index >= 15 is 0 Å². The average molecular weight is 299 g/mol. The molecule has 1 aliphatic heterocycles. The molecule has 0 aromatic heterocycles. The summed E-state index contributed by atoms with van der Waals surface area (Å²) < 4.78 is 13.7. The van der Waals surface area contributed by atoms with E-state index in [2.05, 4.69) is 11.4 Å². The van der Waals surface area contributed by atoms with Crippen LogP contribution in [-0.2, 0) is 11.2 Å². The van der Waals surface area contributed by atoms with E-state index in [0.29, 0.717) is 5.69 Å².